The van der Waals surface area contributed by atoms with E-state index in [-0.39, 0.29) is 17.4 Å². The molecule has 0 radical (unpaired) electrons. The van der Waals surface area contributed by atoms with Crippen molar-refractivity contribution in [3.05, 3.63) is 75.5 Å². The highest BCUT2D eigenvalue weighted by molar-refractivity contribution is 5.97. The number of pyridine rings is 2. The number of para-hydroxylation sites is 1. The number of ether oxygens (including phenoxy) is 1. The molecule has 2 aliphatic heterocycles. The number of benzene rings is 1. The lowest BCUT2D eigenvalue weighted by atomic mass is 9.95. The van der Waals surface area contributed by atoms with Crippen LogP contribution in [0.5, 0.6) is 0 Å². The topological polar surface area (TPSA) is 126 Å². The summed E-state index contributed by atoms with van der Waals surface area (Å²) in [5.41, 5.74) is 12.2. The molecule has 10 nitrogen and oxygen atoms in total. The number of aryl methyl sites for hydroxylation is 1. The first kappa shape index (κ1) is 25.2. The summed E-state index contributed by atoms with van der Waals surface area (Å²) in [4.78, 5) is 31.2. The molecule has 10 heteroatoms. The molecule has 1 aromatic carbocycles. The maximum absolute atomic E-state index is 12.8. The van der Waals surface area contributed by atoms with Crippen molar-refractivity contribution in [2.75, 3.05) is 48.4 Å². The Hall–Kier alpha value is -4.75. The van der Waals surface area contributed by atoms with Crippen molar-refractivity contribution in [3.63, 3.8) is 0 Å². The first-order valence-corrected chi connectivity index (χ1v) is 14.0. The van der Waals surface area contributed by atoms with Gasteiger partial charge in [0.1, 0.15) is 29.6 Å². The number of morpholine rings is 1. The highest BCUT2D eigenvalue weighted by Gasteiger charge is 2.34. The fourth-order valence-corrected chi connectivity index (χ4v) is 6.46. The Morgan fingerprint density at radius 3 is 2.80 bits per heavy atom. The second-order valence-electron chi connectivity index (χ2n) is 10.8. The highest BCUT2D eigenvalue weighted by Crippen LogP contribution is 2.43. The Balaban J connectivity index is 1.43. The number of rotatable bonds is 4. The van der Waals surface area contributed by atoms with Gasteiger partial charge in [-0.3, -0.25) is 4.79 Å². The summed E-state index contributed by atoms with van der Waals surface area (Å²) in [6.45, 7) is 3.50. The van der Waals surface area contributed by atoms with Gasteiger partial charge in [-0.2, -0.15) is 5.26 Å². The van der Waals surface area contributed by atoms with Crippen molar-refractivity contribution >= 4 is 34.4 Å². The Labute approximate surface area is 237 Å². The van der Waals surface area contributed by atoms with E-state index in [1.54, 1.807) is 4.57 Å². The molecule has 1 aliphatic carbocycles. The summed E-state index contributed by atoms with van der Waals surface area (Å²) in [7, 11) is 1.81. The van der Waals surface area contributed by atoms with Gasteiger partial charge in [0.2, 0.25) is 0 Å². The van der Waals surface area contributed by atoms with Crippen LogP contribution < -0.4 is 21.1 Å². The van der Waals surface area contributed by atoms with Gasteiger partial charge >= 0.3 is 0 Å². The van der Waals surface area contributed by atoms with Gasteiger partial charge in [0.25, 0.3) is 5.56 Å². The van der Waals surface area contributed by atoms with Crippen LogP contribution in [0.25, 0.3) is 28.1 Å². The van der Waals surface area contributed by atoms with Gasteiger partial charge in [0, 0.05) is 60.5 Å². The standard InChI is InChI=1S/C31H30N8O2/c1-37-17-25(20-6-3-8-22(20)31(37)40)21-7-2-5-19-15-23(30(36-27(19)21)38-11-13-41-14-12-38)26-9-4-10-39(26)29-24(16-32)28(33)34-18-35-29/h2-3,5-7,15,17-18,26H,4,8-14H2,1H3,(H2,33,34,35). The summed E-state index contributed by atoms with van der Waals surface area (Å²) >= 11 is 0. The van der Waals surface area contributed by atoms with Crippen LogP contribution in [0.15, 0.2) is 47.7 Å². The van der Waals surface area contributed by atoms with Gasteiger partial charge in [0.15, 0.2) is 5.82 Å². The molecule has 0 amide bonds. The van der Waals surface area contributed by atoms with Crippen LogP contribution in [0.4, 0.5) is 17.5 Å². The molecule has 2 fully saturated rings. The third-order valence-corrected chi connectivity index (χ3v) is 8.43. The lowest BCUT2D eigenvalue weighted by molar-refractivity contribution is 0.122. The molecule has 206 valence electrons. The normalized spacial score (nSPS) is 18.2. The SMILES string of the molecule is Cn1cc(-c2cccc3cc(C4CCCN4c4ncnc(N)c4C#N)c(N4CCOCC4)nc23)c2c(c1=O)CC=C2. The van der Waals surface area contributed by atoms with Gasteiger partial charge < -0.3 is 24.8 Å². The number of fused-ring (bicyclic) bond motifs is 2. The molecule has 7 rings (SSSR count). The van der Waals surface area contributed by atoms with E-state index in [0.717, 1.165) is 77.0 Å². The van der Waals surface area contributed by atoms with Crippen LogP contribution in [0.2, 0.25) is 0 Å². The molecule has 3 aromatic heterocycles. The van der Waals surface area contributed by atoms with Crippen LogP contribution >= 0.6 is 0 Å². The lowest BCUT2D eigenvalue weighted by Crippen LogP contribution is -2.38. The number of nitriles is 1. The molecule has 5 heterocycles. The predicted octanol–water partition coefficient (Wildman–Crippen LogP) is 3.59. The third-order valence-electron chi connectivity index (χ3n) is 8.43. The molecule has 0 spiro atoms. The number of anilines is 3. The summed E-state index contributed by atoms with van der Waals surface area (Å²) in [5.74, 6) is 1.68. The van der Waals surface area contributed by atoms with E-state index in [4.69, 9.17) is 15.5 Å². The van der Waals surface area contributed by atoms with Gasteiger partial charge in [0.05, 0.1) is 24.8 Å². The average molecular weight is 547 g/mol. The van der Waals surface area contributed by atoms with E-state index in [2.05, 4.69) is 62.3 Å². The molecule has 2 N–H and O–H groups in total. The minimum Gasteiger partial charge on any atom is -0.382 e. The summed E-state index contributed by atoms with van der Waals surface area (Å²) in [5, 5.41) is 10.9. The first-order valence-electron chi connectivity index (χ1n) is 14.0. The van der Waals surface area contributed by atoms with E-state index in [1.807, 2.05) is 13.2 Å². The van der Waals surface area contributed by atoms with Crippen LogP contribution in [0.1, 0.15) is 41.1 Å². The molecule has 3 aliphatic rings. The molecule has 0 bridgehead atoms. The maximum Gasteiger partial charge on any atom is 0.254 e. The number of aromatic nitrogens is 4. The van der Waals surface area contributed by atoms with Crippen molar-refractivity contribution in [1.82, 2.24) is 19.5 Å². The number of nitrogens with two attached hydrogens (primary N) is 1. The van der Waals surface area contributed by atoms with Crippen molar-refractivity contribution in [1.29, 1.82) is 5.26 Å². The molecular weight excluding hydrogens is 516 g/mol. The van der Waals surface area contributed by atoms with E-state index >= 15 is 0 Å². The average Bonchev–Trinajstić information content (AvgIpc) is 3.69. The van der Waals surface area contributed by atoms with E-state index in [9.17, 15) is 10.1 Å². The number of hydrogen-bond acceptors (Lipinski definition) is 9. The van der Waals surface area contributed by atoms with Gasteiger partial charge in [-0.05, 0) is 30.9 Å². The quantitative estimate of drug-likeness (QED) is 0.409. The molecule has 4 aromatic rings. The number of allylic oxidation sites excluding steroid dienone is 1. The Morgan fingerprint density at radius 1 is 1.12 bits per heavy atom. The fraction of sp³-hybridized carbons (Fsp3) is 0.323. The Morgan fingerprint density at radius 2 is 1.98 bits per heavy atom. The minimum absolute atomic E-state index is 0.0282. The summed E-state index contributed by atoms with van der Waals surface area (Å²) in [6.07, 6.45) is 9.96. The van der Waals surface area contributed by atoms with Crippen LogP contribution in [-0.4, -0.2) is 52.4 Å². The molecule has 41 heavy (non-hydrogen) atoms. The number of nitrogen functional groups attached to an aromatic ring is 1. The van der Waals surface area contributed by atoms with Gasteiger partial charge in [-0.1, -0.05) is 30.4 Å². The monoisotopic (exact) mass is 546 g/mol. The zero-order valence-corrected chi connectivity index (χ0v) is 22.9. The fourth-order valence-electron chi connectivity index (χ4n) is 6.46. The number of hydrogen-bond donors (Lipinski definition) is 1. The highest BCUT2D eigenvalue weighted by atomic mass is 16.5. The van der Waals surface area contributed by atoms with Crippen LogP contribution in [0, 0.1) is 11.3 Å². The van der Waals surface area contributed by atoms with Gasteiger partial charge in [-0.25, -0.2) is 15.0 Å². The zero-order valence-electron chi connectivity index (χ0n) is 22.9. The molecule has 2 saturated heterocycles. The minimum atomic E-state index is -0.0282. The molecular formula is C31H30N8O2. The van der Waals surface area contributed by atoms with Gasteiger partial charge in [-0.15, -0.1) is 0 Å². The Bertz CT molecular complexity index is 1820. The lowest BCUT2D eigenvalue weighted by Gasteiger charge is -2.34. The summed E-state index contributed by atoms with van der Waals surface area (Å²) < 4.78 is 7.36. The van der Waals surface area contributed by atoms with E-state index in [0.29, 0.717) is 31.0 Å². The van der Waals surface area contributed by atoms with Crippen molar-refractivity contribution in [2.24, 2.45) is 7.05 Å². The van der Waals surface area contributed by atoms with Crippen LogP contribution in [-0.2, 0) is 18.2 Å². The Kier molecular flexibility index (Phi) is 6.16. The molecule has 1 unspecified atom stereocenters. The second kappa shape index (κ2) is 10.0. The van der Waals surface area contributed by atoms with E-state index in [1.165, 1.54) is 6.33 Å². The third kappa shape index (κ3) is 4.12. The van der Waals surface area contributed by atoms with Crippen molar-refractivity contribution in [2.45, 2.75) is 25.3 Å². The first-order chi connectivity index (χ1) is 20.0. The number of nitrogens with zero attached hydrogens (tertiary/aromatic N) is 7. The summed E-state index contributed by atoms with van der Waals surface area (Å²) in [6, 6.07) is 10.7. The van der Waals surface area contributed by atoms with Crippen molar-refractivity contribution in [3.8, 4) is 17.2 Å². The zero-order chi connectivity index (χ0) is 28.1. The maximum atomic E-state index is 12.8. The van der Waals surface area contributed by atoms with E-state index < -0.39 is 0 Å². The second-order valence-corrected chi connectivity index (χ2v) is 10.8. The largest absolute Gasteiger partial charge is 0.382 e. The molecule has 1 atom stereocenters. The smallest absolute Gasteiger partial charge is 0.254 e. The predicted molar refractivity (Wildman–Crippen MR) is 159 cm³/mol. The van der Waals surface area contributed by atoms with Crippen molar-refractivity contribution < 1.29 is 4.74 Å². The van der Waals surface area contributed by atoms with Crippen LogP contribution in [0.3, 0.4) is 0 Å². The molecule has 0 saturated carbocycles.